The monoisotopic (exact) mass is 381 g/mol. The van der Waals surface area contributed by atoms with E-state index in [1.165, 1.54) is 0 Å². The molecular weight excluding hydrogens is 354 g/mol. The van der Waals surface area contributed by atoms with Crippen LogP contribution >= 0.6 is 0 Å². The molecule has 6 nitrogen and oxygen atoms in total. The Balaban J connectivity index is 1.71. The molecule has 28 heavy (non-hydrogen) atoms. The van der Waals surface area contributed by atoms with Crippen molar-refractivity contribution in [1.82, 2.24) is 14.4 Å². The van der Waals surface area contributed by atoms with E-state index >= 15 is 0 Å². The van der Waals surface area contributed by atoms with Crippen LogP contribution < -0.4 is 5.56 Å². The first-order chi connectivity index (χ1) is 13.3. The predicted octanol–water partition coefficient (Wildman–Crippen LogP) is 2.23. The Bertz CT molecular complexity index is 905. The standard InChI is InChI=1S/C22H27N3O3/c1-22(2,3)21(28)24-14-12-23(13-15-24)19(26)18-10-7-11-25(20(18)27)16-17-8-5-4-6-9-17/h4-11H,12-16H2,1-3H3. The number of carbonyl (C=O) groups excluding carboxylic acids is 2. The lowest BCUT2D eigenvalue weighted by atomic mass is 9.94. The highest BCUT2D eigenvalue weighted by Crippen LogP contribution is 2.19. The lowest BCUT2D eigenvalue weighted by Crippen LogP contribution is -2.53. The fourth-order valence-corrected chi connectivity index (χ4v) is 3.36. The second kappa shape index (κ2) is 8.00. The molecule has 2 amide bonds. The number of aromatic nitrogens is 1. The predicted molar refractivity (Wildman–Crippen MR) is 108 cm³/mol. The number of amides is 2. The van der Waals surface area contributed by atoms with Crippen LogP contribution in [0.2, 0.25) is 0 Å². The van der Waals surface area contributed by atoms with Crippen molar-refractivity contribution in [2.75, 3.05) is 26.2 Å². The van der Waals surface area contributed by atoms with E-state index in [0.29, 0.717) is 32.7 Å². The first-order valence-electron chi connectivity index (χ1n) is 9.59. The van der Waals surface area contributed by atoms with Gasteiger partial charge in [0.2, 0.25) is 5.91 Å². The van der Waals surface area contributed by atoms with Gasteiger partial charge in [-0.2, -0.15) is 0 Å². The average Bonchev–Trinajstić information content (AvgIpc) is 2.69. The van der Waals surface area contributed by atoms with Gasteiger partial charge in [-0.25, -0.2) is 0 Å². The third kappa shape index (κ3) is 4.32. The van der Waals surface area contributed by atoms with Gasteiger partial charge in [-0.05, 0) is 17.7 Å². The van der Waals surface area contributed by atoms with Gasteiger partial charge in [0.15, 0.2) is 0 Å². The zero-order valence-corrected chi connectivity index (χ0v) is 16.7. The van der Waals surface area contributed by atoms with Crippen molar-refractivity contribution in [1.29, 1.82) is 0 Å². The summed E-state index contributed by atoms with van der Waals surface area (Å²) in [4.78, 5) is 41.6. The molecule has 1 fully saturated rings. The van der Waals surface area contributed by atoms with Crippen LogP contribution in [0.5, 0.6) is 0 Å². The number of pyridine rings is 1. The minimum Gasteiger partial charge on any atom is -0.339 e. The van der Waals surface area contributed by atoms with Gasteiger partial charge in [-0.1, -0.05) is 51.1 Å². The highest BCUT2D eigenvalue weighted by Gasteiger charge is 2.31. The normalized spacial score (nSPS) is 14.8. The molecule has 0 saturated carbocycles. The Morgan fingerprint density at radius 2 is 1.50 bits per heavy atom. The minimum absolute atomic E-state index is 0.0875. The summed E-state index contributed by atoms with van der Waals surface area (Å²) in [5.41, 5.74) is 0.457. The summed E-state index contributed by atoms with van der Waals surface area (Å²) in [6.45, 7) is 7.97. The summed E-state index contributed by atoms with van der Waals surface area (Å²) in [6.07, 6.45) is 1.70. The van der Waals surface area contributed by atoms with Crippen molar-refractivity contribution in [3.63, 3.8) is 0 Å². The van der Waals surface area contributed by atoms with E-state index in [9.17, 15) is 14.4 Å². The summed E-state index contributed by atoms with van der Waals surface area (Å²) in [6, 6.07) is 13.0. The van der Waals surface area contributed by atoms with Crippen LogP contribution in [0.4, 0.5) is 0 Å². The van der Waals surface area contributed by atoms with E-state index in [0.717, 1.165) is 5.56 Å². The quantitative estimate of drug-likeness (QED) is 0.819. The van der Waals surface area contributed by atoms with Crippen LogP contribution in [0, 0.1) is 5.41 Å². The maximum atomic E-state index is 12.9. The van der Waals surface area contributed by atoms with Crippen LogP contribution in [0.3, 0.4) is 0 Å². The number of rotatable bonds is 3. The largest absolute Gasteiger partial charge is 0.339 e. The fourth-order valence-electron chi connectivity index (χ4n) is 3.36. The number of piperazine rings is 1. The molecule has 3 rings (SSSR count). The first kappa shape index (κ1) is 19.9. The van der Waals surface area contributed by atoms with Crippen LogP contribution in [-0.4, -0.2) is 52.4 Å². The van der Waals surface area contributed by atoms with Crippen molar-refractivity contribution in [2.24, 2.45) is 5.41 Å². The smallest absolute Gasteiger partial charge is 0.263 e. The molecule has 2 heterocycles. The van der Waals surface area contributed by atoms with Crippen LogP contribution in [0.15, 0.2) is 53.5 Å². The molecule has 0 atom stereocenters. The molecule has 0 radical (unpaired) electrons. The van der Waals surface area contributed by atoms with Crippen molar-refractivity contribution in [3.8, 4) is 0 Å². The van der Waals surface area contributed by atoms with Gasteiger partial charge in [0.05, 0.1) is 6.54 Å². The fraction of sp³-hybridized carbons (Fsp3) is 0.409. The minimum atomic E-state index is -0.434. The Kier molecular flexibility index (Phi) is 5.68. The lowest BCUT2D eigenvalue weighted by molar-refractivity contribution is -0.140. The highest BCUT2D eigenvalue weighted by atomic mass is 16.2. The molecule has 0 unspecified atom stereocenters. The maximum Gasteiger partial charge on any atom is 0.263 e. The molecule has 6 heteroatoms. The topological polar surface area (TPSA) is 62.6 Å². The molecule has 148 valence electrons. The van der Waals surface area contributed by atoms with Crippen LogP contribution in [0.25, 0.3) is 0 Å². The Labute approximate surface area is 165 Å². The summed E-state index contributed by atoms with van der Waals surface area (Å²) < 4.78 is 1.56. The van der Waals surface area contributed by atoms with Gasteiger partial charge in [-0.3, -0.25) is 14.4 Å². The number of nitrogens with zero attached hydrogens (tertiary/aromatic N) is 3. The van der Waals surface area contributed by atoms with Gasteiger partial charge >= 0.3 is 0 Å². The third-order valence-electron chi connectivity index (χ3n) is 4.94. The Morgan fingerprint density at radius 3 is 2.11 bits per heavy atom. The van der Waals surface area contributed by atoms with E-state index in [2.05, 4.69) is 0 Å². The van der Waals surface area contributed by atoms with Crippen molar-refractivity contribution in [2.45, 2.75) is 27.3 Å². The summed E-state index contributed by atoms with van der Waals surface area (Å²) in [5, 5.41) is 0. The van der Waals surface area contributed by atoms with Crippen LogP contribution in [-0.2, 0) is 11.3 Å². The lowest BCUT2D eigenvalue weighted by Gasteiger charge is -2.37. The van der Waals surface area contributed by atoms with Crippen molar-refractivity contribution < 1.29 is 9.59 Å². The third-order valence-corrected chi connectivity index (χ3v) is 4.94. The zero-order chi connectivity index (χ0) is 20.3. The first-order valence-corrected chi connectivity index (χ1v) is 9.59. The molecule has 0 aliphatic carbocycles. The van der Waals surface area contributed by atoms with Crippen molar-refractivity contribution >= 4 is 11.8 Å². The van der Waals surface area contributed by atoms with E-state index in [1.54, 1.807) is 32.7 Å². The van der Waals surface area contributed by atoms with Crippen LogP contribution in [0.1, 0.15) is 36.7 Å². The number of benzene rings is 1. The zero-order valence-electron chi connectivity index (χ0n) is 16.7. The summed E-state index contributed by atoms with van der Waals surface area (Å²) in [5.74, 6) is -0.181. The Hall–Kier alpha value is -2.89. The van der Waals surface area contributed by atoms with Gasteiger partial charge in [0, 0.05) is 37.8 Å². The van der Waals surface area contributed by atoms with Crippen molar-refractivity contribution in [3.05, 3.63) is 70.1 Å². The highest BCUT2D eigenvalue weighted by molar-refractivity contribution is 5.94. The SMILES string of the molecule is CC(C)(C)C(=O)N1CCN(C(=O)c2cccn(Cc3ccccc3)c2=O)CC1. The summed E-state index contributed by atoms with van der Waals surface area (Å²) in [7, 11) is 0. The maximum absolute atomic E-state index is 12.9. The molecule has 0 bridgehead atoms. The molecule has 2 aromatic rings. The van der Waals surface area contributed by atoms with E-state index in [4.69, 9.17) is 0 Å². The van der Waals surface area contributed by atoms with Gasteiger partial charge < -0.3 is 14.4 Å². The number of hydrogen-bond donors (Lipinski definition) is 0. The average molecular weight is 381 g/mol. The van der Waals surface area contributed by atoms with Gasteiger partial charge in [0.1, 0.15) is 5.56 Å². The molecular formula is C22H27N3O3. The molecule has 1 aliphatic rings. The number of carbonyl (C=O) groups is 2. The molecule has 0 spiro atoms. The second-order valence-electron chi connectivity index (χ2n) is 8.17. The molecule has 0 N–H and O–H groups in total. The molecule has 1 saturated heterocycles. The molecule has 1 aromatic carbocycles. The molecule has 1 aliphatic heterocycles. The second-order valence-corrected chi connectivity index (χ2v) is 8.17. The molecule has 1 aromatic heterocycles. The van der Waals surface area contributed by atoms with E-state index < -0.39 is 5.41 Å². The van der Waals surface area contributed by atoms with E-state index in [-0.39, 0.29) is 22.9 Å². The summed E-state index contributed by atoms with van der Waals surface area (Å²) >= 11 is 0. The van der Waals surface area contributed by atoms with Gasteiger partial charge in [-0.15, -0.1) is 0 Å². The Morgan fingerprint density at radius 1 is 0.893 bits per heavy atom. The van der Waals surface area contributed by atoms with Gasteiger partial charge in [0.25, 0.3) is 11.5 Å². The number of hydrogen-bond acceptors (Lipinski definition) is 3. The van der Waals surface area contributed by atoms with E-state index in [1.807, 2.05) is 51.1 Å².